The Balaban J connectivity index is 1.99. The van der Waals surface area contributed by atoms with E-state index >= 15 is 0 Å². The fraction of sp³-hybridized carbons (Fsp3) is 0.238. The quantitative estimate of drug-likeness (QED) is 0.219. The van der Waals surface area contributed by atoms with E-state index in [-0.39, 0.29) is 11.6 Å². The van der Waals surface area contributed by atoms with Gasteiger partial charge in [-0.2, -0.15) is 0 Å². The number of carbonyl (C=O) groups is 1. The van der Waals surface area contributed by atoms with Gasteiger partial charge in [0.1, 0.15) is 17.3 Å². The van der Waals surface area contributed by atoms with Crippen molar-refractivity contribution in [2.75, 3.05) is 13.1 Å². The van der Waals surface area contributed by atoms with Crippen LogP contribution in [0.25, 0.3) is 6.08 Å². The van der Waals surface area contributed by atoms with Crippen molar-refractivity contribution in [2.45, 2.75) is 20.4 Å². The molecule has 0 heterocycles. The van der Waals surface area contributed by atoms with Crippen molar-refractivity contribution in [1.82, 2.24) is 4.90 Å². The maximum Gasteiger partial charge on any atom is 0.336 e. The highest BCUT2D eigenvalue weighted by atomic mass is 16.5. The van der Waals surface area contributed by atoms with Gasteiger partial charge in [0.15, 0.2) is 0 Å². The molecule has 2 aromatic carbocycles. The number of phenolic OH excluding ortho intramolecular Hbond substituents is 1. The van der Waals surface area contributed by atoms with Crippen molar-refractivity contribution in [3.8, 4) is 11.5 Å². The van der Waals surface area contributed by atoms with Crippen LogP contribution in [-0.4, -0.2) is 34.9 Å². The predicted octanol–water partition coefficient (Wildman–Crippen LogP) is 3.14. The van der Waals surface area contributed by atoms with E-state index in [4.69, 9.17) is 15.9 Å². The number of nitrogens with two attached hydrogens (primary N) is 1. The second-order valence-electron chi connectivity index (χ2n) is 6.05. The van der Waals surface area contributed by atoms with Gasteiger partial charge in [-0.25, -0.2) is 4.79 Å². The number of esters is 1. The Morgan fingerprint density at radius 1 is 1.19 bits per heavy atom. The highest BCUT2D eigenvalue weighted by molar-refractivity contribution is 5.95. The Kier molecular flexibility index (Phi) is 7.14. The third kappa shape index (κ3) is 5.97. The van der Waals surface area contributed by atoms with Crippen molar-refractivity contribution in [3.63, 3.8) is 0 Å². The third-order valence-electron chi connectivity index (χ3n) is 4.18. The largest absolute Gasteiger partial charge is 0.507 e. The molecule has 0 saturated heterocycles. The summed E-state index contributed by atoms with van der Waals surface area (Å²) in [5.41, 5.74) is 7.50. The summed E-state index contributed by atoms with van der Waals surface area (Å²) < 4.78 is 5.19. The Bertz CT molecular complexity index is 825. The van der Waals surface area contributed by atoms with Crippen LogP contribution in [0.15, 0.2) is 48.5 Å². The summed E-state index contributed by atoms with van der Waals surface area (Å²) in [4.78, 5) is 14.2. The van der Waals surface area contributed by atoms with Crippen LogP contribution in [0.1, 0.15) is 30.5 Å². The lowest BCUT2D eigenvalue weighted by molar-refractivity contribution is -0.128. The van der Waals surface area contributed by atoms with Crippen LogP contribution in [-0.2, 0) is 11.3 Å². The number of nitrogens with one attached hydrogen (secondary N) is 1. The summed E-state index contributed by atoms with van der Waals surface area (Å²) in [6, 6.07) is 11.8. The molecule has 0 aliphatic heterocycles. The van der Waals surface area contributed by atoms with Crippen LogP contribution in [0, 0.1) is 5.41 Å². The number of hydrogen-bond acceptors (Lipinski definition) is 5. The minimum Gasteiger partial charge on any atom is -0.507 e. The molecule has 0 amide bonds. The van der Waals surface area contributed by atoms with E-state index in [9.17, 15) is 9.90 Å². The molecule has 142 valence electrons. The molecular weight excluding hydrogens is 342 g/mol. The number of amidine groups is 1. The Morgan fingerprint density at radius 3 is 2.41 bits per heavy atom. The number of aromatic hydroxyl groups is 1. The van der Waals surface area contributed by atoms with Gasteiger partial charge in [0.2, 0.25) is 0 Å². The molecule has 6 nitrogen and oxygen atoms in total. The first kappa shape index (κ1) is 20.2. The van der Waals surface area contributed by atoms with Gasteiger partial charge in [0.05, 0.1) is 0 Å². The smallest absolute Gasteiger partial charge is 0.336 e. The van der Waals surface area contributed by atoms with Crippen LogP contribution < -0.4 is 10.5 Å². The van der Waals surface area contributed by atoms with Gasteiger partial charge in [-0.05, 0) is 55.1 Å². The van der Waals surface area contributed by atoms with Crippen molar-refractivity contribution < 1.29 is 14.6 Å². The first-order chi connectivity index (χ1) is 12.9. The van der Waals surface area contributed by atoms with Crippen LogP contribution in [0.5, 0.6) is 11.5 Å². The molecule has 0 aliphatic carbocycles. The lowest BCUT2D eigenvalue weighted by atomic mass is 10.1. The lowest BCUT2D eigenvalue weighted by Crippen LogP contribution is -2.21. The number of rotatable bonds is 8. The fourth-order valence-corrected chi connectivity index (χ4v) is 2.54. The third-order valence-corrected chi connectivity index (χ3v) is 4.18. The fourth-order valence-electron chi connectivity index (χ4n) is 2.54. The van der Waals surface area contributed by atoms with Gasteiger partial charge in [0, 0.05) is 23.7 Å². The Morgan fingerprint density at radius 2 is 1.85 bits per heavy atom. The molecule has 0 radical (unpaired) electrons. The van der Waals surface area contributed by atoms with Gasteiger partial charge in [-0.1, -0.05) is 26.0 Å². The maximum atomic E-state index is 11.9. The molecule has 27 heavy (non-hydrogen) atoms. The van der Waals surface area contributed by atoms with E-state index in [0.717, 1.165) is 25.2 Å². The molecular formula is C21H25N3O3. The van der Waals surface area contributed by atoms with E-state index < -0.39 is 5.97 Å². The SMILES string of the molecule is CCN(CC)Cc1ccc(/C=C/C(=O)Oc2ccc(C(=N)N)cc2)c(O)c1. The monoisotopic (exact) mass is 367 g/mol. The molecule has 0 atom stereocenters. The van der Waals surface area contributed by atoms with Gasteiger partial charge in [-0.15, -0.1) is 0 Å². The second-order valence-corrected chi connectivity index (χ2v) is 6.05. The van der Waals surface area contributed by atoms with Crippen LogP contribution in [0.3, 0.4) is 0 Å². The Hall–Kier alpha value is -3.12. The highest BCUT2D eigenvalue weighted by Gasteiger charge is 2.06. The molecule has 0 spiro atoms. The van der Waals surface area contributed by atoms with E-state index in [1.807, 2.05) is 6.07 Å². The number of nitrogens with zero attached hydrogens (tertiary/aromatic N) is 1. The predicted molar refractivity (Wildman–Crippen MR) is 107 cm³/mol. The summed E-state index contributed by atoms with van der Waals surface area (Å²) in [5.74, 6) is -0.132. The molecule has 6 heteroatoms. The maximum absolute atomic E-state index is 11.9. The summed E-state index contributed by atoms with van der Waals surface area (Å²) in [6.07, 6.45) is 2.78. The van der Waals surface area contributed by atoms with Crippen molar-refractivity contribution >= 4 is 17.9 Å². The van der Waals surface area contributed by atoms with E-state index in [1.165, 1.54) is 12.2 Å². The molecule has 4 N–H and O–H groups in total. The minimum atomic E-state index is -0.558. The molecule has 2 rings (SSSR count). The van der Waals surface area contributed by atoms with Crippen molar-refractivity contribution in [3.05, 3.63) is 65.2 Å². The van der Waals surface area contributed by atoms with Crippen molar-refractivity contribution in [1.29, 1.82) is 5.41 Å². The standard InChI is InChI=1S/C21H25N3O3/c1-3-24(4-2)14-15-5-6-16(19(25)13-15)9-12-20(26)27-18-10-7-17(8-11-18)21(22)23/h5-13,25H,3-4,14H2,1-2H3,(H3,22,23)/b12-9+. The average molecular weight is 367 g/mol. The zero-order chi connectivity index (χ0) is 19.8. The van der Waals surface area contributed by atoms with Crippen molar-refractivity contribution in [2.24, 2.45) is 5.73 Å². The zero-order valence-electron chi connectivity index (χ0n) is 15.6. The van der Waals surface area contributed by atoms with Gasteiger partial charge >= 0.3 is 5.97 Å². The topological polar surface area (TPSA) is 99.6 Å². The molecule has 0 aliphatic rings. The van der Waals surface area contributed by atoms with E-state index in [1.54, 1.807) is 36.4 Å². The summed E-state index contributed by atoms with van der Waals surface area (Å²) in [7, 11) is 0. The minimum absolute atomic E-state index is 0.0484. The van der Waals surface area contributed by atoms with E-state index in [0.29, 0.717) is 16.9 Å². The summed E-state index contributed by atoms with van der Waals surface area (Å²) in [5, 5.41) is 17.5. The number of hydrogen-bond donors (Lipinski definition) is 3. The molecule has 0 fully saturated rings. The molecule has 0 saturated carbocycles. The van der Waals surface area contributed by atoms with Crippen LogP contribution >= 0.6 is 0 Å². The summed E-state index contributed by atoms with van der Waals surface area (Å²) >= 11 is 0. The number of nitrogen functional groups attached to an aromatic ring is 1. The van der Waals surface area contributed by atoms with Gasteiger partial charge in [-0.3, -0.25) is 10.3 Å². The second kappa shape index (κ2) is 9.54. The van der Waals surface area contributed by atoms with Crippen LogP contribution in [0.4, 0.5) is 0 Å². The summed E-state index contributed by atoms with van der Waals surface area (Å²) in [6.45, 7) is 6.85. The molecule has 0 bridgehead atoms. The number of phenols is 1. The molecule has 0 aromatic heterocycles. The van der Waals surface area contributed by atoms with Crippen LogP contribution in [0.2, 0.25) is 0 Å². The number of benzene rings is 2. The van der Waals surface area contributed by atoms with Gasteiger partial charge in [0.25, 0.3) is 0 Å². The number of carbonyl (C=O) groups excluding carboxylic acids is 1. The Labute approximate surface area is 159 Å². The van der Waals surface area contributed by atoms with Gasteiger partial charge < -0.3 is 15.6 Å². The average Bonchev–Trinajstić information content (AvgIpc) is 2.65. The molecule has 0 unspecified atom stereocenters. The highest BCUT2D eigenvalue weighted by Crippen LogP contribution is 2.21. The zero-order valence-corrected chi connectivity index (χ0v) is 15.6. The first-order valence-corrected chi connectivity index (χ1v) is 8.81. The lowest BCUT2D eigenvalue weighted by Gasteiger charge is -2.18. The molecule has 2 aromatic rings. The van der Waals surface area contributed by atoms with E-state index in [2.05, 4.69) is 18.7 Å². The number of ether oxygens (including phenoxy) is 1. The first-order valence-electron chi connectivity index (χ1n) is 8.81. The normalized spacial score (nSPS) is 11.1.